The van der Waals surface area contributed by atoms with Crippen molar-refractivity contribution in [1.29, 1.82) is 0 Å². The Morgan fingerprint density at radius 3 is 2.32 bits per heavy atom. The predicted molar refractivity (Wildman–Crippen MR) is 277 cm³/mol. The van der Waals surface area contributed by atoms with Crippen molar-refractivity contribution in [2.75, 3.05) is 32.7 Å². The first-order chi connectivity index (χ1) is 34.4. The number of fused-ring (bicyclic) bond motifs is 4. The van der Waals surface area contributed by atoms with E-state index in [-0.39, 0.29) is 49.5 Å². The summed E-state index contributed by atoms with van der Waals surface area (Å²) >= 11 is 0. The SMILES string of the molecule is CCC1/C=C(\C)CC(C)CC(OC)C2OC(O)(C(=O)C(=O)N3CCCCC3C(=O)OC(C(C)=CC3CCC(N(C)c4ccc5c(ccn5Cc5ccccc5)c4)C(O)C3)C(C)C(O)CC1=O)C(C)CC2OC. The minimum atomic E-state index is -2.52. The van der Waals surface area contributed by atoms with Crippen molar-refractivity contribution in [3.63, 3.8) is 0 Å². The van der Waals surface area contributed by atoms with Crippen LogP contribution in [0.1, 0.15) is 118 Å². The highest BCUT2D eigenvalue weighted by Crippen LogP contribution is 2.40. The number of ketones is 2. The number of carbonyl (C=O) groups excluding carboxylic acids is 4. The lowest BCUT2D eigenvalue weighted by Crippen LogP contribution is -2.64. The van der Waals surface area contributed by atoms with Gasteiger partial charge in [-0.2, -0.15) is 0 Å². The molecule has 4 aliphatic rings. The number of aliphatic hydroxyl groups is 3. The molecule has 0 radical (unpaired) electrons. The Labute approximate surface area is 426 Å². The second-order valence-corrected chi connectivity index (χ2v) is 21.7. The van der Waals surface area contributed by atoms with Crippen LogP contribution >= 0.6 is 0 Å². The number of carbonyl (C=O) groups is 4. The lowest BCUT2D eigenvalue weighted by molar-refractivity contribution is -0.302. The van der Waals surface area contributed by atoms with E-state index in [0.29, 0.717) is 50.5 Å². The van der Waals surface area contributed by atoms with E-state index in [2.05, 4.69) is 59.0 Å². The first-order valence-electron chi connectivity index (χ1n) is 26.5. The zero-order valence-electron chi connectivity index (χ0n) is 44.1. The Morgan fingerprint density at radius 2 is 1.62 bits per heavy atom. The maximum absolute atomic E-state index is 14.6. The number of benzene rings is 2. The van der Waals surface area contributed by atoms with Crippen molar-refractivity contribution < 1.29 is 53.4 Å². The number of allylic oxidation sites excluding steroid dienone is 3. The molecule has 1 amide bonds. The Hall–Kier alpha value is -4.70. The number of methoxy groups -OCH3 is 2. The highest BCUT2D eigenvalue weighted by atomic mass is 16.7. The Balaban J connectivity index is 1.14. The lowest BCUT2D eigenvalue weighted by atomic mass is 9.80. The van der Waals surface area contributed by atoms with Gasteiger partial charge in [0.2, 0.25) is 5.79 Å². The fourth-order valence-corrected chi connectivity index (χ4v) is 12.1. The third-order valence-corrected chi connectivity index (χ3v) is 16.5. The smallest absolute Gasteiger partial charge is 0.329 e. The fourth-order valence-electron chi connectivity index (χ4n) is 12.1. The van der Waals surface area contributed by atoms with Gasteiger partial charge in [0.25, 0.3) is 11.7 Å². The summed E-state index contributed by atoms with van der Waals surface area (Å²) < 4.78 is 26.8. The molecule has 3 aliphatic heterocycles. The molecule has 72 heavy (non-hydrogen) atoms. The van der Waals surface area contributed by atoms with Crippen LogP contribution in [0.5, 0.6) is 0 Å². The molecule has 14 unspecified atom stereocenters. The average molecular weight is 996 g/mol. The van der Waals surface area contributed by atoms with Gasteiger partial charge in [-0.15, -0.1) is 0 Å². The number of nitrogens with zero attached hydrogens (tertiary/aromatic N) is 3. The molecule has 3 fully saturated rings. The van der Waals surface area contributed by atoms with E-state index in [1.54, 1.807) is 13.8 Å². The maximum atomic E-state index is 14.6. The van der Waals surface area contributed by atoms with Gasteiger partial charge in [0.05, 0.1) is 30.5 Å². The molecule has 2 saturated heterocycles. The molecular weight excluding hydrogens is 915 g/mol. The lowest BCUT2D eigenvalue weighted by Gasteiger charge is -2.47. The van der Waals surface area contributed by atoms with Crippen molar-refractivity contribution >= 4 is 40.0 Å². The van der Waals surface area contributed by atoms with Crippen molar-refractivity contribution in [3.8, 4) is 0 Å². The van der Waals surface area contributed by atoms with Gasteiger partial charge < -0.3 is 48.6 Å². The van der Waals surface area contributed by atoms with Gasteiger partial charge >= 0.3 is 5.97 Å². The monoisotopic (exact) mass is 996 g/mol. The minimum Gasteiger partial charge on any atom is -0.456 e. The summed E-state index contributed by atoms with van der Waals surface area (Å²) in [7, 11) is 5.10. The van der Waals surface area contributed by atoms with E-state index < -0.39 is 83.9 Å². The summed E-state index contributed by atoms with van der Waals surface area (Å²) in [6.07, 6.45) is 6.04. The fraction of sp³-hybridized carbons (Fsp3) is 0.621. The number of hydrogen-bond donors (Lipinski definition) is 3. The second kappa shape index (κ2) is 24.1. The number of cyclic esters (lactones) is 1. The topological polar surface area (TPSA) is 177 Å². The summed E-state index contributed by atoms with van der Waals surface area (Å²) in [5.41, 5.74) is 5.02. The van der Waals surface area contributed by atoms with Crippen LogP contribution in [0.3, 0.4) is 0 Å². The first-order valence-corrected chi connectivity index (χ1v) is 26.5. The minimum absolute atomic E-state index is 0.0221. The Bertz CT molecular complexity index is 2420. The molecule has 3 aromatic rings. The van der Waals surface area contributed by atoms with E-state index in [1.165, 1.54) is 24.7 Å². The normalized spacial score (nSPS) is 34.9. The molecule has 394 valence electrons. The van der Waals surface area contributed by atoms with Gasteiger partial charge in [0.1, 0.15) is 24.0 Å². The van der Waals surface area contributed by atoms with Gasteiger partial charge in [-0.1, -0.05) is 75.8 Å². The third-order valence-electron chi connectivity index (χ3n) is 16.5. The average Bonchev–Trinajstić information content (AvgIpc) is 3.77. The van der Waals surface area contributed by atoms with Crippen molar-refractivity contribution in [3.05, 3.63) is 89.7 Å². The number of amides is 1. The quantitative estimate of drug-likeness (QED) is 0.107. The molecular formula is C58H81N3O11. The number of hydrogen-bond acceptors (Lipinski definition) is 12. The summed E-state index contributed by atoms with van der Waals surface area (Å²) in [5.74, 6) is -7.70. The summed E-state index contributed by atoms with van der Waals surface area (Å²) in [6.45, 7) is 12.1. The van der Waals surface area contributed by atoms with Gasteiger partial charge in [0, 0.05) is 81.3 Å². The standard InChI is InChI=1S/C58H81N3O11/c1-10-42-27-35(2)26-36(3)28-51(69-8)54-52(70-9)30-38(5)58(68,72-54)55(65)56(66)61-24-15-14-18-47(61)57(67)71-53(39(6)48(62)33-49(42)63)37(4)29-41-19-21-46(50(64)31-41)59(7)44-20-22-45-43(32-44)23-25-60(45)34-40-16-12-11-13-17-40/h11-13,16-17,20,22-23,25,27,29,32,36,38-39,41-42,46-48,50-54,62,64,68H,10,14-15,18-19,21,24,26,28,30-31,33-34H2,1-9H3/b35-27+,37-29?. The number of esters is 1. The third kappa shape index (κ3) is 12.3. The number of piperidine rings is 1. The van der Waals surface area contributed by atoms with Crippen LogP contribution in [0.15, 0.2) is 84.1 Å². The van der Waals surface area contributed by atoms with E-state index in [0.717, 1.165) is 35.1 Å². The molecule has 14 atom stereocenters. The number of rotatable bonds is 9. The van der Waals surface area contributed by atoms with E-state index >= 15 is 0 Å². The largest absolute Gasteiger partial charge is 0.456 e. The van der Waals surface area contributed by atoms with Crippen LogP contribution in [-0.2, 0) is 44.7 Å². The molecule has 0 spiro atoms. The van der Waals surface area contributed by atoms with Crippen LogP contribution in [-0.4, -0.2) is 131 Å². The molecule has 1 aliphatic carbocycles. The Morgan fingerprint density at radius 1 is 0.903 bits per heavy atom. The molecule has 14 heteroatoms. The summed E-state index contributed by atoms with van der Waals surface area (Å²) in [6, 6.07) is 17.6. The molecule has 4 heterocycles. The highest BCUT2D eigenvalue weighted by molar-refractivity contribution is 6.39. The number of Topliss-reactive ketones (excluding diaryl/α,β-unsaturated/α-hetero) is 2. The number of likely N-dealkylation sites (N-methyl/N-ethyl adjacent to an activating group) is 1. The van der Waals surface area contributed by atoms with Crippen LogP contribution in [0.25, 0.3) is 10.9 Å². The van der Waals surface area contributed by atoms with E-state index in [4.69, 9.17) is 18.9 Å². The number of anilines is 1. The number of aromatic nitrogens is 1. The van der Waals surface area contributed by atoms with Crippen molar-refractivity contribution in [1.82, 2.24) is 9.47 Å². The predicted octanol–water partition coefficient (Wildman–Crippen LogP) is 7.97. The number of ether oxygens (including phenoxy) is 4. The van der Waals surface area contributed by atoms with Crippen LogP contribution < -0.4 is 4.90 Å². The van der Waals surface area contributed by atoms with Crippen LogP contribution in [0.2, 0.25) is 0 Å². The van der Waals surface area contributed by atoms with Gasteiger partial charge in [0.15, 0.2) is 0 Å². The van der Waals surface area contributed by atoms with Gasteiger partial charge in [-0.25, -0.2) is 4.79 Å². The number of aliphatic hydroxyl groups excluding tert-OH is 2. The van der Waals surface area contributed by atoms with E-state index in [9.17, 15) is 34.5 Å². The molecule has 1 saturated carbocycles. The molecule has 7 rings (SSSR count). The van der Waals surface area contributed by atoms with Gasteiger partial charge in [-0.05, 0) is 125 Å². The molecule has 3 N–H and O–H groups in total. The Kier molecular flexibility index (Phi) is 18.4. The molecule has 1 aromatic heterocycles. The van der Waals surface area contributed by atoms with E-state index in [1.807, 2.05) is 58.2 Å². The molecule has 2 aromatic carbocycles. The summed E-state index contributed by atoms with van der Waals surface area (Å²) in [5, 5.41) is 37.0. The maximum Gasteiger partial charge on any atom is 0.329 e. The van der Waals surface area contributed by atoms with Crippen molar-refractivity contribution in [2.45, 2.75) is 173 Å². The summed E-state index contributed by atoms with van der Waals surface area (Å²) in [4.78, 5) is 60.9. The van der Waals surface area contributed by atoms with Gasteiger partial charge in [-0.3, -0.25) is 14.4 Å². The van der Waals surface area contributed by atoms with Crippen molar-refractivity contribution in [2.24, 2.45) is 29.6 Å². The van der Waals surface area contributed by atoms with Crippen LogP contribution in [0, 0.1) is 29.6 Å². The zero-order valence-corrected chi connectivity index (χ0v) is 44.1. The highest BCUT2D eigenvalue weighted by Gasteiger charge is 2.56. The second-order valence-electron chi connectivity index (χ2n) is 21.7. The zero-order chi connectivity index (χ0) is 52.0. The molecule has 14 nitrogen and oxygen atoms in total. The first kappa shape index (κ1) is 55.1. The molecule has 2 bridgehead atoms. The van der Waals surface area contributed by atoms with Crippen LogP contribution in [0.4, 0.5) is 5.69 Å².